The highest BCUT2D eigenvalue weighted by Gasteiger charge is 2.10. The Hall–Kier alpha value is -2.11. The molecule has 0 spiro atoms. The van der Waals surface area contributed by atoms with Crippen molar-refractivity contribution in [3.63, 3.8) is 0 Å². The Bertz CT molecular complexity index is 944. The van der Waals surface area contributed by atoms with Crippen LogP contribution in [0.1, 0.15) is 30.9 Å². The van der Waals surface area contributed by atoms with E-state index in [2.05, 4.69) is 24.4 Å². The molecule has 0 aliphatic heterocycles. The molecule has 2 N–H and O–H groups in total. The lowest BCUT2D eigenvalue weighted by molar-refractivity contribution is -0.116. The van der Waals surface area contributed by atoms with Gasteiger partial charge in [-0.15, -0.1) is 0 Å². The summed E-state index contributed by atoms with van der Waals surface area (Å²) in [7, 11) is 0. The van der Waals surface area contributed by atoms with Crippen LogP contribution in [0.4, 0.5) is 5.69 Å². The number of benzene rings is 2. The first-order valence-electron chi connectivity index (χ1n) is 8.60. The third-order valence-electron chi connectivity index (χ3n) is 4.22. The molecule has 0 aliphatic rings. The van der Waals surface area contributed by atoms with Crippen LogP contribution in [0.2, 0.25) is 0 Å². The lowest BCUT2D eigenvalue weighted by atomic mass is 10.1. The fourth-order valence-corrected chi connectivity index (χ4v) is 3.78. The highest BCUT2D eigenvalue weighted by atomic mass is 35.5. The van der Waals surface area contributed by atoms with Gasteiger partial charge in [-0.2, -0.15) is 0 Å². The molecule has 26 heavy (non-hydrogen) atoms. The molecule has 0 saturated carbocycles. The predicted molar refractivity (Wildman–Crippen MR) is 104 cm³/mol. The van der Waals surface area contributed by atoms with Gasteiger partial charge in [-0.25, -0.2) is 0 Å². The Morgan fingerprint density at radius 1 is 1.19 bits per heavy atom. The standard InChI is InChI=1S/C20H23N3OS.ClH/c1-3-4-5-15-8-11-17-18(12-15)25-20(21)23(17)13-19(24)22-16-9-6-14(2)7-10-16;/h6-12,21H,3-5,13H2,1-2H3,(H,22,24);1H/p-1. The molecule has 138 valence electrons. The number of thiazole rings is 1. The van der Waals surface area contributed by atoms with Gasteiger partial charge in [-0.05, 0) is 49.6 Å². The summed E-state index contributed by atoms with van der Waals surface area (Å²) >= 11 is 1.43. The van der Waals surface area contributed by atoms with Gasteiger partial charge in [0.1, 0.15) is 6.54 Å². The van der Waals surface area contributed by atoms with Crippen molar-refractivity contribution < 1.29 is 17.2 Å². The number of halogens is 1. The van der Waals surface area contributed by atoms with E-state index in [-0.39, 0.29) is 24.9 Å². The van der Waals surface area contributed by atoms with Crippen LogP contribution in [0.15, 0.2) is 42.5 Å². The second kappa shape index (κ2) is 9.01. The van der Waals surface area contributed by atoms with Crippen LogP contribution in [0.3, 0.4) is 0 Å². The lowest BCUT2D eigenvalue weighted by Gasteiger charge is -2.08. The summed E-state index contributed by atoms with van der Waals surface area (Å²) in [6, 6.07) is 14.0. The van der Waals surface area contributed by atoms with Gasteiger partial charge in [-0.3, -0.25) is 10.2 Å². The summed E-state index contributed by atoms with van der Waals surface area (Å²) in [6.07, 6.45) is 3.40. The summed E-state index contributed by atoms with van der Waals surface area (Å²) in [5.74, 6) is -0.114. The van der Waals surface area contributed by atoms with E-state index < -0.39 is 0 Å². The second-order valence-corrected chi connectivity index (χ2v) is 7.34. The molecule has 6 heteroatoms. The normalized spacial score (nSPS) is 10.5. The fourth-order valence-electron chi connectivity index (χ4n) is 2.81. The molecule has 0 saturated heterocycles. The number of hydrogen-bond donors (Lipinski definition) is 2. The van der Waals surface area contributed by atoms with Crippen molar-refractivity contribution >= 4 is 33.1 Å². The van der Waals surface area contributed by atoms with Crippen molar-refractivity contribution in [2.75, 3.05) is 5.32 Å². The number of amides is 1. The first-order chi connectivity index (χ1) is 12.1. The molecule has 0 aliphatic carbocycles. The van der Waals surface area contributed by atoms with Crippen molar-refractivity contribution in [3.05, 3.63) is 58.4 Å². The summed E-state index contributed by atoms with van der Waals surface area (Å²) in [4.78, 5) is 12.8. The summed E-state index contributed by atoms with van der Waals surface area (Å²) in [5.41, 5.74) is 4.19. The second-order valence-electron chi connectivity index (χ2n) is 6.31. The minimum Gasteiger partial charge on any atom is -1.00 e. The Morgan fingerprint density at radius 3 is 2.62 bits per heavy atom. The zero-order valence-electron chi connectivity index (χ0n) is 15.0. The Balaban J connectivity index is 0.00000243. The number of aromatic nitrogens is 1. The first-order valence-corrected chi connectivity index (χ1v) is 9.42. The molecule has 0 atom stereocenters. The van der Waals surface area contributed by atoms with Gasteiger partial charge in [0, 0.05) is 5.69 Å². The predicted octanol–water partition coefficient (Wildman–Crippen LogP) is 1.48. The summed E-state index contributed by atoms with van der Waals surface area (Å²) in [5, 5.41) is 11.1. The third-order valence-corrected chi connectivity index (χ3v) is 5.18. The molecule has 4 nitrogen and oxygen atoms in total. The van der Waals surface area contributed by atoms with Crippen LogP contribution in [-0.2, 0) is 17.8 Å². The van der Waals surface area contributed by atoms with Crippen molar-refractivity contribution in [2.45, 2.75) is 39.7 Å². The van der Waals surface area contributed by atoms with Crippen LogP contribution in [-0.4, -0.2) is 10.5 Å². The molecule has 2 aromatic carbocycles. The van der Waals surface area contributed by atoms with E-state index in [1.54, 1.807) is 4.57 Å². The number of aryl methyl sites for hydroxylation is 2. The molecule has 0 bridgehead atoms. The number of carbonyl (C=O) groups is 1. The van der Waals surface area contributed by atoms with Crippen molar-refractivity contribution in [1.82, 2.24) is 4.57 Å². The van der Waals surface area contributed by atoms with Gasteiger partial charge in [0.2, 0.25) is 5.91 Å². The SMILES string of the molecule is CCCCc1ccc2c(c1)sc(=N)n2CC(=O)Nc1ccc(C)cc1.[Cl-]. The summed E-state index contributed by atoms with van der Waals surface area (Å²) < 4.78 is 2.84. The van der Waals surface area contributed by atoms with Crippen LogP contribution >= 0.6 is 11.3 Å². The van der Waals surface area contributed by atoms with E-state index in [1.807, 2.05) is 37.3 Å². The van der Waals surface area contributed by atoms with Gasteiger partial charge in [-0.1, -0.05) is 48.4 Å². The average molecular weight is 389 g/mol. The van der Waals surface area contributed by atoms with E-state index in [9.17, 15) is 4.79 Å². The third kappa shape index (κ3) is 4.74. The van der Waals surface area contributed by atoms with Crippen molar-refractivity contribution in [1.29, 1.82) is 5.41 Å². The number of anilines is 1. The molecule has 0 unspecified atom stereocenters. The van der Waals surface area contributed by atoms with Crippen molar-refractivity contribution in [2.24, 2.45) is 0 Å². The van der Waals surface area contributed by atoms with E-state index in [0.717, 1.165) is 27.9 Å². The minimum absolute atomic E-state index is 0. The Morgan fingerprint density at radius 2 is 1.92 bits per heavy atom. The van der Waals surface area contributed by atoms with Gasteiger partial charge in [0.05, 0.1) is 10.2 Å². The lowest BCUT2D eigenvalue weighted by Crippen LogP contribution is -3.00. The van der Waals surface area contributed by atoms with Gasteiger partial charge < -0.3 is 22.3 Å². The molecule has 1 heterocycles. The van der Waals surface area contributed by atoms with E-state index >= 15 is 0 Å². The molecule has 3 rings (SSSR count). The molecule has 1 amide bonds. The van der Waals surface area contributed by atoms with Gasteiger partial charge in [0.25, 0.3) is 0 Å². The van der Waals surface area contributed by atoms with E-state index in [0.29, 0.717) is 4.80 Å². The fraction of sp³-hybridized carbons (Fsp3) is 0.300. The highest BCUT2D eigenvalue weighted by Crippen LogP contribution is 2.20. The van der Waals surface area contributed by atoms with Crippen LogP contribution < -0.4 is 22.5 Å². The highest BCUT2D eigenvalue weighted by molar-refractivity contribution is 7.16. The molecule has 0 fully saturated rings. The maximum absolute atomic E-state index is 12.4. The smallest absolute Gasteiger partial charge is 0.244 e. The van der Waals surface area contributed by atoms with Crippen LogP contribution in [0.25, 0.3) is 10.2 Å². The molecule has 1 aromatic heterocycles. The zero-order chi connectivity index (χ0) is 17.8. The number of nitrogens with one attached hydrogen (secondary N) is 2. The Kier molecular flexibility index (Phi) is 7.00. The quantitative estimate of drug-likeness (QED) is 0.660. The molecule has 3 aromatic rings. The molecular weight excluding hydrogens is 366 g/mol. The molecule has 0 radical (unpaired) electrons. The van der Waals surface area contributed by atoms with Crippen molar-refractivity contribution in [3.8, 4) is 0 Å². The number of fused-ring (bicyclic) bond motifs is 1. The van der Waals surface area contributed by atoms with E-state index in [1.165, 1.54) is 29.7 Å². The topological polar surface area (TPSA) is 57.9 Å². The number of nitrogens with zero attached hydrogens (tertiary/aromatic N) is 1. The number of rotatable bonds is 6. The monoisotopic (exact) mass is 388 g/mol. The maximum Gasteiger partial charge on any atom is 0.244 e. The molecular formula is C20H23ClN3OS-. The number of carbonyl (C=O) groups excluding carboxylic acids is 1. The summed E-state index contributed by atoms with van der Waals surface area (Å²) in [6.45, 7) is 4.35. The Labute approximate surface area is 163 Å². The van der Waals surface area contributed by atoms with Gasteiger partial charge in [0.15, 0.2) is 4.80 Å². The zero-order valence-corrected chi connectivity index (χ0v) is 16.6. The average Bonchev–Trinajstić information content (AvgIpc) is 2.90. The van der Waals surface area contributed by atoms with Gasteiger partial charge >= 0.3 is 0 Å². The van der Waals surface area contributed by atoms with Crippen LogP contribution in [0, 0.1) is 12.3 Å². The number of unbranched alkanes of at least 4 members (excludes halogenated alkanes) is 1. The van der Waals surface area contributed by atoms with Crippen LogP contribution in [0.5, 0.6) is 0 Å². The minimum atomic E-state index is -0.114. The van der Waals surface area contributed by atoms with E-state index in [4.69, 9.17) is 5.41 Å². The number of hydrogen-bond acceptors (Lipinski definition) is 3. The largest absolute Gasteiger partial charge is 1.00 e. The maximum atomic E-state index is 12.4. The first kappa shape index (κ1) is 20.2.